The lowest BCUT2D eigenvalue weighted by Crippen LogP contribution is -2.39. The summed E-state index contributed by atoms with van der Waals surface area (Å²) in [5.41, 5.74) is 1.30. The van der Waals surface area contributed by atoms with E-state index in [4.69, 9.17) is 9.47 Å². The maximum Gasteiger partial charge on any atom is 0.231 e. The quantitative estimate of drug-likeness (QED) is 0.860. The van der Waals surface area contributed by atoms with Gasteiger partial charge < -0.3 is 20.1 Å². The van der Waals surface area contributed by atoms with E-state index in [1.165, 1.54) is 0 Å². The van der Waals surface area contributed by atoms with Crippen LogP contribution >= 0.6 is 12.4 Å². The number of carbonyl (C=O) groups excluding carboxylic acids is 1. The molecule has 1 atom stereocenters. The molecule has 3 aliphatic rings. The van der Waals surface area contributed by atoms with Crippen LogP contribution in [-0.2, 0) is 10.2 Å². The zero-order valence-electron chi connectivity index (χ0n) is 14.9. The zero-order chi connectivity index (χ0) is 16.8. The second kappa shape index (κ2) is 6.69. The van der Waals surface area contributed by atoms with Gasteiger partial charge in [-0.15, -0.1) is 12.4 Å². The molecule has 1 spiro atoms. The Hall–Kier alpha value is -1.46. The molecule has 2 fully saturated rings. The number of ether oxygens (including phenoxy) is 2. The molecule has 0 bridgehead atoms. The summed E-state index contributed by atoms with van der Waals surface area (Å²) >= 11 is 0. The second-order valence-corrected chi connectivity index (χ2v) is 8.04. The molecule has 2 aliphatic heterocycles. The van der Waals surface area contributed by atoms with E-state index >= 15 is 0 Å². The fraction of sp³-hybridized carbons (Fsp3) is 0.632. The van der Waals surface area contributed by atoms with Crippen molar-refractivity contribution in [3.8, 4) is 11.5 Å². The van der Waals surface area contributed by atoms with E-state index in [9.17, 15) is 4.79 Å². The highest BCUT2D eigenvalue weighted by molar-refractivity contribution is 5.85. The number of amides is 1. The maximum atomic E-state index is 12.6. The average Bonchev–Trinajstić information content (AvgIpc) is 3.06. The van der Waals surface area contributed by atoms with E-state index in [1.807, 2.05) is 12.1 Å². The number of piperidine rings is 1. The summed E-state index contributed by atoms with van der Waals surface area (Å²) in [6, 6.07) is 6.04. The molecule has 25 heavy (non-hydrogen) atoms. The fourth-order valence-corrected chi connectivity index (χ4v) is 4.05. The first-order valence-corrected chi connectivity index (χ1v) is 8.89. The SMILES string of the molecule is CC(C)(CNC(=O)C1CC12CCNCC2)c1ccc2c(c1)OCO2.Cl. The number of benzene rings is 1. The van der Waals surface area contributed by atoms with Crippen LogP contribution < -0.4 is 20.1 Å². The number of hydrogen-bond acceptors (Lipinski definition) is 4. The Morgan fingerprint density at radius 1 is 1.28 bits per heavy atom. The monoisotopic (exact) mass is 366 g/mol. The van der Waals surface area contributed by atoms with Crippen molar-refractivity contribution in [2.24, 2.45) is 11.3 Å². The molecule has 1 aliphatic carbocycles. The maximum absolute atomic E-state index is 12.6. The molecule has 0 radical (unpaired) electrons. The normalized spacial score (nSPS) is 23.0. The van der Waals surface area contributed by atoms with Crippen LogP contribution in [0.15, 0.2) is 18.2 Å². The number of nitrogens with one attached hydrogen (secondary N) is 2. The lowest BCUT2D eigenvalue weighted by Gasteiger charge is -2.27. The molecule has 6 heteroatoms. The van der Waals surface area contributed by atoms with Crippen molar-refractivity contribution >= 4 is 18.3 Å². The Balaban J connectivity index is 0.00000182. The number of halogens is 1. The summed E-state index contributed by atoms with van der Waals surface area (Å²) < 4.78 is 10.8. The van der Waals surface area contributed by atoms with Gasteiger partial charge in [0.2, 0.25) is 12.7 Å². The Morgan fingerprint density at radius 2 is 2.00 bits per heavy atom. The summed E-state index contributed by atoms with van der Waals surface area (Å²) in [7, 11) is 0. The second-order valence-electron chi connectivity index (χ2n) is 8.04. The van der Waals surface area contributed by atoms with Crippen molar-refractivity contribution in [2.75, 3.05) is 26.4 Å². The first kappa shape index (κ1) is 18.3. The van der Waals surface area contributed by atoms with Crippen molar-refractivity contribution in [3.05, 3.63) is 23.8 Å². The van der Waals surface area contributed by atoms with Crippen LogP contribution in [-0.4, -0.2) is 32.3 Å². The summed E-state index contributed by atoms with van der Waals surface area (Å²) in [6.07, 6.45) is 3.33. The summed E-state index contributed by atoms with van der Waals surface area (Å²) in [5.74, 6) is 2.03. The molecule has 1 saturated heterocycles. The van der Waals surface area contributed by atoms with Gasteiger partial charge in [0.15, 0.2) is 11.5 Å². The van der Waals surface area contributed by atoms with Gasteiger partial charge in [0.1, 0.15) is 0 Å². The van der Waals surface area contributed by atoms with E-state index in [0.29, 0.717) is 6.54 Å². The van der Waals surface area contributed by atoms with Crippen LogP contribution in [0.3, 0.4) is 0 Å². The molecular weight excluding hydrogens is 340 g/mol. The fourth-order valence-electron chi connectivity index (χ4n) is 4.05. The Labute approximate surface area is 155 Å². The molecule has 0 aromatic heterocycles. The van der Waals surface area contributed by atoms with Crippen LogP contribution in [0.25, 0.3) is 0 Å². The Bertz CT molecular complexity index is 656. The topological polar surface area (TPSA) is 59.6 Å². The summed E-state index contributed by atoms with van der Waals surface area (Å²) in [4.78, 5) is 12.6. The van der Waals surface area contributed by atoms with Crippen molar-refractivity contribution in [1.82, 2.24) is 10.6 Å². The minimum absolute atomic E-state index is 0. The first-order chi connectivity index (χ1) is 11.5. The minimum atomic E-state index is -0.146. The lowest BCUT2D eigenvalue weighted by molar-refractivity contribution is -0.123. The highest BCUT2D eigenvalue weighted by Crippen LogP contribution is 2.58. The molecule has 1 saturated carbocycles. The molecule has 1 aromatic rings. The van der Waals surface area contributed by atoms with Gasteiger partial charge in [-0.1, -0.05) is 19.9 Å². The number of rotatable bonds is 4. The van der Waals surface area contributed by atoms with Crippen molar-refractivity contribution in [2.45, 2.75) is 38.5 Å². The third-order valence-corrected chi connectivity index (χ3v) is 5.96. The molecule has 138 valence electrons. The Morgan fingerprint density at radius 3 is 2.76 bits per heavy atom. The van der Waals surface area contributed by atoms with E-state index in [1.54, 1.807) is 0 Å². The van der Waals surface area contributed by atoms with Gasteiger partial charge in [-0.2, -0.15) is 0 Å². The molecule has 2 N–H and O–H groups in total. The zero-order valence-corrected chi connectivity index (χ0v) is 15.7. The van der Waals surface area contributed by atoms with Crippen LogP contribution in [0, 0.1) is 11.3 Å². The molecule has 5 nitrogen and oxygen atoms in total. The van der Waals surface area contributed by atoms with Crippen LogP contribution in [0.5, 0.6) is 11.5 Å². The smallest absolute Gasteiger partial charge is 0.231 e. The van der Waals surface area contributed by atoms with Gasteiger partial charge in [0.05, 0.1) is 0 Å². The number of carbonyl (C=O) groups is 1. The summed E-state index contributed by atoms with van der Waals surface area (Å²) in [6.45, 7) is 7.32. The van der Waals surface area contributed by atoms with Gasteiger partial charge in [0.25, 0.3) is 0 Å². The third-order valence-electron chi connectivity index (χ3n) is 5.96. The van der Waals surface area contributed by atoms with Crippen LogP contribution in [0.1, 0.15) is 38.7 Å². The van der Waals surface area contributed by atoms with Gasteiger partial charge in [-0.3, -0.25) is 4.79 Å². The van der Waals surface area contributed by atoms with Gasteiger partial charge in [-0.25, -0.2) is 0 Å². The molecule has 1 aromatic carbocycles. The minimum Gasteiger partial charge on any atom is -0.454 e. The number of fused-ring (bicyclic) bond motifs is 1. The molecular formula is C19H27ClN2O3. The van der Waals surface area contributed by atoms with Crippen LogP contribution in [0.4, 0.5) is 0 Å². The van der Waals surface area contributed by atoms with E-state index in [0.717, 1.165) is 49.4 Å². The summed E-state index contributed by atoms with van der Waals surface area (Å²) in [5, 5.41) is 6.58. The lowest BCUT2D eigenvalue weighted by atomic mass is 9.84. The molecule has 2 heterocycles. The molecule has 4 rings (SSSR count). The Kier molecular flexibility index (Phi) is 4.91. The standard InChI is InChI=1S/C19H26N2O3.ClH/c1-18(2,13-3-4-15-16(9-13)24-12-23-15)11-21-17(22)14-10-19(14)5-7-20-8-6-19;/h3-4,9,14,20H,5-8,10-12H2,1-2H3,(H,21,22);1H. The highest BCUT2D eigenvalue weighted by atomic mass is 35.5. The van der Waals surface area contributed by atoms with Gasteiger partial charge in [0, 0.05) is 17.9 Å². The number of hydrogen-bond donors (Lipinski definition) is 2. The van der Waals surface area contributed by atoms with E-state index in [-0.39, 0.29) is 41.9 Å². The van der Waals surface area contributed by atoms with Crippen molar-refractivity contribution in [1.29, 1.82) is 0 Å². The van der Waals surface area contributed by atoms with Crippen molar-refractivity contribution < 1.29 is 14.3 Å². The average molecular weight is 367 g/mol. The van der Waals surface area contributed by atoms with Crippen molar-refractivity contribution in [3.63, 3.8) is 0 Å². The predicted octanol–water partition coefficient (Wildman–Crippen LogP) is 2.62. The van der Waals surface area contributed by atoms with E-state index < -0.39 is 0 Å². The third kappa shape index (κ3) is 3.44. The van der Waals surface area contributed by atoms with Crippen LogP contribution in [0.2, 0.25) is 0 Å². The molecule has 1 unspecified atom stereocenters. The first-order valence-electron chi connectivity index (χ1n) is 8.89. The largest absolute Gasteiger partial charge is 0.454 e. The molecule has 1 amide bonds. The highest BCUT2D eigenvalue weighted by Gasteiger charge is 2.57. The van der Waals surface area contributed by atoms with E-state index in [2.05, 4.69) is 30.5 Å². The van der Waals surface area contributed by atoms with Gasteiger partial charge >= 0.3 is 0 Å². The predicted molar refractivity (Wildman–Crippen MR) is 98.5 cm³/mol. The van der Waals surface area contributed by atoms with Gasteiger partial charge in [-0.05, 0) is 55.5 Å².